The molecule has 0 radical (unpaired) electrons. The van der Waals surface area contributed by atoms with Crippen LogP contribution in [0.25, 0.3) is 0 Å². The van der Waals surface area contributed by atoms with Crippen LogP contribution in [-0.4, -0.2) is 31.4 Å². The lowest BCUT2D eigenvalue weighted by Gasteiger charge is -2.33. The number of alkyl halides is 3. The monoisotopic (exact) mass is 260 g/mol. The molecule has 0 N–H and O–H groups in total. The van der Waals surface area contributed by atoms with Gasteiger partial charge in [0.15, 0.2) is 0 Å². The van der Waals surface area contributed by atoms with Gasteiger partial charge >= 0.3 is 6.18 Å². The Morgan fingerprint density at radius 3 is 2.50 bits per heavy atom. The summed E-state index contributed by atoms with van der Waals surface area (Å²) in [5.41, 5.74) is 0. The first kappa shape index (κ1) is 13.0. The summed E-state index contributed by atoms with van der Waals surface area (Å²) in [6.07, 6.45) is -3.82. The molecule has 0 amide bonds. The molecule has 18 heavy (non-hydrogen) atoms. The fourth-order valence-electron chi connectivity index (χ4n) is 2.13. The maximum Gasteiger partial charge on any atom is 0.391 e. The summed E-state index contributed by atoms with van der Waals surface area (Å²) >= 11 is 0. The van der Waals surface area contributed by atoms with Gasteiger partial charge in [-0.25, -0.2) is 0 Å². The Bertz CT molecular complexity index is 401. The van der Waals surface area contributed by atoms with E-state index in [0.29, 0.717) is 24.8 Å². The number of methoxy groups -OCH3 is 1. The molecule has 0 bridgehead atoms. The second-order valence-corrected chi connectivity index (χ2v) is 4.34. The lowest BCUT2D eigenvalue weighted by Crippen LogP contribution is -2.39. The molecule has 0 aromatic carbocycles. The molecule has 1 saturated heterocycles. The van der Waals surface area contributed by atoms with Gasteiger partial charge in [-0.3, -0.25) is 0 Å². The van der Waals surface area contributed by atoms with Crippen molar-refractivity contribution in [3.05, 3.63) is 18.2 Å². The summed E-state index contributed by atoms with van der Waals surface area (Å²) in [5, 5.41) is 0. The number of anilines is 1. The van der Waals surface area contributed by atoms with E-state index < -0.39 is 12.1 Å². The van der Waals surface area contributed by atoms with Gasteiger partial charge in [-0.1, -0.05) is 6.07 Å². The van der Waals surface area contributed by atoms with E-state index in [0.717, 1.165) is 0 Å². The zero-order chi connectivity index (χ0) is 13.2. The van der Waals surface area contributed by atoms with E-state index in [2.05, 4.69) is 4.98 Å². The largest absolute Gasteiger partial charge is 0.481 e. The average molecular weight is 260 g/mol. The standard InChI is InChI=1S/C12H15F3N2O/c1-18-11-4-2-3-10(16-11)17-7-5-9(6-8-17)12(13,14)15/h2-4,9H,5-8H2,1H3. The third-order valence-electron chi connectivity index (χ3n) is 3.20. The van der Waals surface area contributed by atoms with Gasteiger partial charge in [-0.05, 0) is 18.9 Å². The van der Waals surface area contributed by atoms with Crippen molar-refractivity contribution in [2.45, 2.75) is 19.0 Å². The van der Waals surface area contributed by atoms with E-state index in [4.69, 9.17) is 4.74 Å². The number of nitrogens with zero attached hydrogens (tertiary/aromatic N) is 2. The molecular formula is C12H15F3N2O. The number of halogens is 3. The molecule has 0 unspecified atom stereocenters. The van der Waals surface area contributed by atoms with Crippen LogP contribution in [0.2, 0.25) is 0 Å². The minimum absolute atomic E-state index is 0.127. The fraction of sp³-hybridized carbons (Fsp3) is 0.583. The van der Waals surface area contributed by atoms with Gasteiger partial charge in [0.1, 0.15) is 5.82 Å². The fourth-order valence-corrected chi connectivity index (χ4v) is 2.13. The van der Waals surface area contributed by atoms with Crippen molar-refractivity contribution in [1.29, 1.82) is 0 Å². The molecule has 2 heterocycles. The second-order valence-electron chi connectivity index (χ2n) is 4.34. The van der Waals surface area contributed by atoms with Crippen LogP contribution in [0, 0.1) is 5.92 Å². The van der Waals surface area contributed by atoms with Crippen LogP contribution in [0.1, 0.15) is 12.8 Å². The van der Waals surface area contributed by atoms with E-state index >= 15 is 0 Å². The van der Waals surface area contributed by atoms with Crippen molar-refractivity contribution in [3.63, 3.8) is 0 Å². The number of hydrogen-bond acceptors (Lipinski definition) is 3. The molecule has 1 fully saturated rings. The van der Waals surface area contributed by atoms with Crippen LogP contribution in [0.15, 0.2) is 18.2 Å². The summed E-state index contributed by atoms with van der Waals surface area (Å²) in [7, 11) is 1.52. The molecule has 1 aliphatic rings. The minimum atomic E-state index is -4.08. The minimum Gasteiger partial charge on any atom is -0.481 e. The molecule has 3 nitrogen and oxygen atoms in total. The zero-order valence-corrected chi connectivity index (χ0v) is 10.1. The van der Waals surface area contributed by atoms with E-state index in [1.165, 1.54) is 7.11 Å². The highest BCUT2D eigenvalue weighted by Crippen LogP contribution is 2.35. The Hall–Kier alpha value is -1.46. The number of pyridine rings is 1. The third kappa shape index (κ3) is 2.86. The first-order chi connectivity index (χ1) is 8.50. The van der Waals surface area contributed by atoms with Gasteiger partial charge in [0.2, 0.25) is 5.88 Å². The predicted molar refractivity (Wildman–Crippen MR) is 61.8 cm³/mol. The van der Waals surface area contributed by atoms with E-state index in [9.17, 15) is 13.2 Å². The van der Waals surface area contributed by atoms with Crippen LogP contribution in [0.3, 0.4) is 0 Å². The van der Waals surface area contributed by atoms with Crippen molar-refractivity contribution in [2.75, 3.05) is 25.1 Å². The smallest absolute Gasteiger partial charge is 0.391 e. The summed E-state index contributed by atoms with van der Waals surface area (Å²) in [4.78, 5) is 6.09. The Labute approximate surface area is 104 Å². The second kappa shape index (κ2) is 5.04. The van der Waals surface area contributed by atoms with Crippen molar-refractivity contribution in [2.24, 2.45) is 5.92 Å². The first-order valence-corrected chi connectivity index (χ1v) is 5.83. The van der Waals surface area contributed by atoms with Gasteiger partial charge in [0.05, 0.1) is 13.0 Å². The SMILES string of the molecule is COc1cccc(N2CCC(C(F)(F)F)CC2)n1. The molecule has 1 aliphatic heterocycles. The van der Waals surface area contributed by atoms with Crippen molar-refractivity contribution < 1.29 is 17.9 Å². The summed E-state index contributed by atoms with van der Waals surface area (Å²) in [5.74, 6) is -0.0280. The Kier molecular flexibility index (Phi) is 3.63. The molecule has 1 aromatic heterocycles. The van der Waals surface area contributed by atoms with Crippen LogP contribution >= 0.6 is 0 Å². The number of hydrogen-bond donors (Lipinski definition) is 0. The van der Waals surface area contributed by atoms with Crippen molar-refractivity contribution in [1.82, 2.24) is 4.98 Å². The molecule has 0 atom stereocenters. The maximum atomic E-state index is 12.5. The van der Waals surface area contributed by atoms with Gasteiger partial charge in [0.25, 0.3) is 0 Å². The van der Waals surface area contributed by atoms with Gasteiger partial charge in [-0.2, -0.15) is 18.2 Å². The van der Waals surface area contributed by atoms with Gasteiger partial charge in [-0.15, -0.1) is 0 Å². The normalized spacial score (nSPS) is 17.9. The van der Waals surface area contributed by atoms with Crippen LogP contribution < -0.4 is 9.64 Å². The molecule has 0 spiro atoms. The summed E-state index contributed by atoms with van der Waals surface area (Å²) in [6, 6.07) is 5.29. The summed E-state index contributed by atoms with van der Waals surface area (Å²) < 4.78 is 42.6. The number of piperidine rings is 1. The first-order valence-electron chi connectivity index (χ1n) is 5.83. The molecule has 0 aliphatic carbocycles. The Morgan fingerprint density at radius 2 is 1.94 bits per heavy atom. The topological polar surface area (TPSA) is 25.4 Å². The van der Waals surface area contributed by atoms with E-state index in [1.54, 1.807) is 18.2 Å². The average Bonchev–Trinajstić information content (AvgIpc) is 2.38. The number of ether oxygens (including phenoxy) is 1. The van der Waals surface area contributed by atoms with E-state index in [1.807, 2.05) is 4.90 Å². The van der Waals surface area contributed by atoms with Gasteiger partial charge < -0.3 is 9.64 Å². The molecule has 6 heteroatoms. The van der Waals surface area contributed by atoms with Crippen LogP contribution in [-0.2, 0) is 0 Å². The molecule has 0 saturated carbocycles. The zero-order valence-electron chi connectivity index (χ0n) is 10.1. The lowest BCUT2D eigenvalue weighted by atomic mass is 9.96. The number of aromatic nitrogens is 1. The van der Waals surface area contributed by atoms with Crippen LogP contribution in [0.4, 0.5) is 19.0 Å². The van der Waals surface area contributed by atoms with Crippen molar-refractivity contribution in [3.8, 4) is 5.88 Å². The predicted octanol–water partition coefficient (Wildman–Crippen LogP) is 2.87. The highest BCUT2D eigenvalue weighted by atomic mass is 19.4. The summed E-state index contributed by atoms with van der Waals surface area (Å²) in [6.45, 7) is 0.759. The third-order valence-corrected chi connectivity index (χ3v) is 3.20. The highest BCUT2D eigenvalue weighted by molar-refractivity contribution is 5.41. The maximum absolute atomic E-state index is 12.5. The number of rotatable bonds is 2. The molecular weight excluding hydrogens is 245 g/mol. The molecule has 2 rings (SSSR count). The Morgan fingerprint density at radius 1 is 1.28 bits per heavy atom. The lowest BCUT2D eigenvalue weighted by molar-refractivity contribution is -0.179. The van der Waals surface area contributed by atoms with Crippen molar-refractivity contribution >= 4 is 5.82 Å². The van der Waals surface area contributed by atoms with Crippen LogP contribution in [0.5, 0.6) is 5.88 Å². The molecule has 100 valence electrons. The van der Waals surface area contributed by atoms with Gasteiger partial charge in [0, 0.05) is 19.2 Å². The quantitative estimate of drug-likeness (QED) is 0.817. The van der Waals surface area contributed by atoms with E-state index in [-0.39, 0.29) is 12.8 Å². The molecule has 1 aromatic rings. The Balaban J connectivity index is 2.01. The highest BCUT2D eigenvalue weighted by Gasteiger charge is 2.41.